The van der Waals surface area contributed by atoms with Crippen LogP contribution in [0, 0.1) is 0 Å². The Kier molecular flexibility index (Phi) is 8.53. The van der Waals surface area contributed by atoms with Crippen LogP contribution in [0.2, 0.25) is 0 Å². The van der Waals surface area contributed by atoms with Gasteiger partial charge < -0.3 is 13.9 Å². The Labute approximate surface area is 376 Å². The lowest BCUT2D eigenvalue weighted by Crippen LogP contribution is -2.11. The Bertz CT molecular complexity index is 3900. The summed E-state index contributed by atoms with van der Waals surface area (Å²) >= 11 is 0. The smallest absolute Gasteiger partial charge is 0.143 e. The predicted molar refractivity (Wildman–Crippen MR) is 274 cm³/mol. The zero-order valence-corrected chi connectivity index (χ0v) is 35.4. The van der Waals surface area contributed by atoms with Crippen LogP contribution in [0.4, 0.5) is 17.1 Å². The number of benzene rings is 11. The molecular weight excluding hydrogens is 789 g/mol. The van der Waals surface area contributed by atoms with Crippen molar-refractivity contribution in [3.63, 3.8) is 0 Å². The van der Waals surface area contributed by atoms with E-state index in [-0.39, 0.29) is 0 Å². The van der Waals surface area contributed by atoms with Crippen LogP contribution in [0.1, 0.15) is 0 Å². The molecule has 3 heteroatoms. The molecule has 0 radical (unpaired) electrons. The Balaban J connectivity index is 0.973. The number of hydrogen-bond acceptors (Lipinski definition) is 2. The largest absolute Gasteiger partial charge is 0.455 e. The maximum absolute atomic E-state index is 6.70. The monoisotopic (exact) mass is 828 g/mol. The lowest BCUT2D eigenvalue weighted by molar-refractivity contribution is 0.673. The predicted octanol–water partition coefficient (Wildman–Crippen LogP) is 17.5. The van der Waals surface area contributed by atoms with Crippen LogP contribution in [0.3, 0.4) is 0 Å². The molecule has 0 fully saturated rings. The molecule has 3 nitrogen and oxygen atoms in total. The van der Waals surface area contributed by atoms with Crippen molar-refractivity contribution >= 4 is 82.4 Å². The zero-order chi connectivity index (χ0) is 42.8. The second kappa shape index (κ2) is 15.0. The normalized spacial score (nSPS) is 11.7. The van der Waals surface area contributed by atoms with Crippen molar-refractivity contribution in [2.75, 3.05) is 4.90 Å². The second-order valence-electron chi connectivity index (χ2n) is 16.8. The zero-order valence-electron chi connectivity index (χ0n) is 35.4. The molecule has 0 amide bonds. The molecule has 11 aromatic carbocycles. The number of hydrogen-bond donors (Lipinski definition) is 0. The highest BCUT2D eigenvalue weighted by molar-refractivity contribution is 6.20. The number of fused-ring (bicyclic) bond motifs is 9. The van der Waals surface area contributed by atoms with E-state index in [1.165, 1.54) is 54.7 Å². The third-order valence-electron chi connectivity index (χ3n) is 13.2. The molecule has 0 aliphatic carbocycles. The van der Waals surface area contributed by atoms with Crippen LogP contribution in [-0.2, 0) is 0 Å². The van der Waals surface area contributed by atoms with E-state index >= 15 is 0 Å². The second-order valence-corrected chi connectivity index (χ2v) is 16.8. The summed E-state index contributed by atoms with van der Waals surface area (Å²) in [6.45, 7) is 0. The van der Waals surface area contributed by atoms with E-state index in [1.807, 2.05) is 0 Å². The summed E-state index contributed by atoms with van der Waals surface area (Å²) in [6.07, 6.45) is 0. The van der Waals surface area contributed by atoms with Gasteiger partial charge >= 0.3 is 0 Å². The summed E-state index contributed by atoms with van der Waals surface area (Å²) in [5.41, 5.74) is 15.5. The average molecular weight is 829 g/mol. The molecule has 0 spiro atoms. The molecule has 0 aliphatic rings. The van der Waals surface area contributed by atoms with Crippen molar-refractivity contribution in [2.24, 2.45) is 0 Å². The minimum absolute atomic E-state index is 0.876. The minimum atomic E-state index is 0.876. The fraction of sp³-hybridized carbons (Fsp3) is 0. The number of para-hydroxylation sites is 4. The molecule has 0 atom stereocenters. The molecule has 13 rings (SSSR count). The third-order valence-corrected chi connectivity index (χ3v) is 13.2. The lowest BCUT2D eigenvalue weighted by atomic mass is 9.95. The molecule has 0 N–H and O–H groups in total. The summed E-state index contributed by atoms with van der Waals surface area (Å²) < 4.78 is 9.12. The fourth-order valence-corrected chi connectivity index (χ4v) is 10.2. The number of anilines is 3. The summed E-state index contributed by atoms with van der Waals surface area (Å²) in [7, 11) is 0. The van der Waals surface area contributed by atoms with Crippen molar-refractivity contribution in [1.29, 1.82) is 0 Å². The van der Waals surface area contributed by atoms with Gasteiger partial charge in [-0.05, 0) is 105 Å². The van der Waals surface area contributed by atoms with E-state index < -0.39 is 0 Å². The minimum Gasteiger partial charge on any atom is -0.455 e. The Hall–Kier alpha value is -8.66. The SMILES string of the molecule is c1ccc(N(c2ccc(-c3ccc4ccccc4c3)cc2)c2ccc(-c3ccccc3-n3c4ccccc4c4ccccc43)cc2)c(-c2cccc3oc4c5ccccc5ccc4c23)c1. The van der Waals surface area contributed by atoms with Crippen molar-refractivity contribution < 1.29 is 4.42 Å². The molecule has 13 aromatic rings. The molecule has 0 bridgehead atoms. The summed E-state index contributed by atoms with van der Waals surface area (Å²) in [5.74, 6) is 0. The van der Waals surface area contributed by atoms with E-state index in [2.05, 4.69) is 252 Å². The van der Waals surface area contributed by atoms with Crippen LogP contribution < -0.4 is 4.90 Å². The highest BCUT2D eigenvalue weighted by Gasteiger charge is 2.22. The molecule has 65 heavy (non-hydrogen) atoms. The molecule has 0 saturated heterocycles. The molecule has 0 aliphatic heterocycles. The van der Waals surface area contributed by atoms with Gasteiger partial charge in [0.05, 0.1) is 22.4 Å². The summed E-state index contributed by atoms with van der Waals surface area (Å²) in [6, 6.07) is 87.7. The van der Waals surface area contributed by atoms with Gasteiger partial charge in [-0.25, -0.2) is 0 Å². The lowest BCUT2D eigenvalue weighted by Gasteiger charge is -2.28. The topological polar surface area (TPSA) is 21.3 Å². The van der Waals surface area contributed by atoms with E-state index in [4.69, 9.17) is 4.42 Å². The number of nitrogens with zero attached hydrogens (tertiary/aromatic N) is 2. The third kappa shape index (κ3) is 6.05. The molecule has 0 saturated carbocycles. The Morgan fingerprint density at radius 3 is 1.65 bits per heavy atom. The fourth-order valence-electron chi connectivity index (χ4n) is 10.2. The highest BCUT2D eigenvalue weighted by Crippen LogP contribution is 2.46. The van der Waals surface area contributed by atoms with Gasteiger partial charge in [-0.15, -0.1) is 0 Å². The molecule has 2 heterocycles. The van der Waals surface area contributed by atoms with Crippen LogP contribution in [0.25, 0.3) is 104 Å². The van der Waals surface area contributed by atoms with Crippen molar-refractivity contribution in [2.45, 2.75) is 0 Å². The highest BCUT2D eigenvalue weighted by atomic mass is 16.3. The standard InChI is InChI=1S/C62H40N2O/c1-2-16-45-40-46(29-28-41(45)14-1)42-30-35-47(36-31-42)63(57-24-10-8-21-53(57)54-22-13-27-60-61(54)55-39-34-43-15-3-4-18-50(43)62(55)65-60)48-37-32-44(33-38-48)49-17-5-9-23-56(49)64-58-25-11-6-19-51(58)52-20-7-12-26-59(52)64/h1-40H. The van der Waals surface area contributed by atoms with E-state index in [9.17, 15) is 0 Å². The van der Waals surface area contributed by atoms with Gasteiger partial charge in [-0.2, -0.15) is 0 Å². The first-order valence-electron chi connectivity index (χ1n) is 22.2. The molecular formula is C62H40N2O. The quantitative estimate of drug-likeness (QED) is 0.160. The van der Waals surface area contributed by atoms with E-state index in [1.54, 1.807) is 0 Å². The number of rotatable bonds is 7. The molecule has 304 valence electrons. The average Bonchev–Trinajstić information content (AvgIpc) is 3.93. The van der Waals surface area contributed by atoms with Gasteiger partial charge in [-0.3, -0.25) is 0 Å². The first kappa shape index (κ1) is 36.9. The van der Waals surface area contributed by atoms with Crippen LogP contribution in [-0.4, -0.2) is 4.57 Å². The van der Waals surface area contributed by atoms with Crippen molar-refractivity contribution in [3.05, 3.63) is 243 Å². The van der Waals surface area contributed by atoms with E-state index in [0.717, 1.165) is 66.8 Å². The maximum atomic E-state index is 6.70. The van der Waals surface area contributed by atoms with Gasteiger partial charge in [0, 0.05) is 49.4 Å². The van der Waals surface area contributed by atoms with E-state index in [0.29, 0.717) is 0 Å². The Morgan fingerprint density at radius 2 is 0.892 bits per heavy atom. The maximum Gasteiger partial charge on any atom is 0.143 e. The van der Waals surface area contributed by atoms with Gasteiger partial charge in [0.25, 0.3) is 0 Å². The van der Waals surface area contributed by atoms with Crippen LogP contribution in [0.15, 0.2) is 247 Å². The molecule has 2 aromatic heterocycles. The van der Waals surface area contributed by atoms with Crippen LogP contribution in [0.5, 0.6) is 0 Å². The van der Waals surface area contributed by atoms with Crippen molar-refractivity contribution in [1.82, 2.24) is 4.57 Å². The first-order valence-corrected chi connectivity index (χ1v) is 22.2. The van der Waals surface area contributed by atoms with Gasteiger partial charge in [0.2, 0.25) is 0 Å². The molecule has 0 unspecified atom stereocenters. The summed E-state index contributed by atoms with van der Waals surface area (Å²) in [4.78, 5) is 2.40. The Morgan fingerprint density at radius 1 is 0.338 bits per heavy atom. The number of furan rings is 1. The van der Waals surface area contributed by atoms with Crippen molar-refractivity contribution in [3.8, 4) is 39.1 Å². The first-order chi connectivity index (χ1) is 32.2. The van der Waals surface area contributed by atoms with Gasteiger partial charge in [-0.1, -0.05) is 176 Å². The number of aromatic nitrogens is 1. The van der Waals surface area contributed by atoms with Crippen LogP contribution >= 0.6 is 0 Å². The summed E-state index contributed by atoms with van der Waals surface area (Å²) in [5, 5.41) is 9.49. The van der Waals surface area contributed by atoms with Gasteiger partial charge in [0.15, 0.2) is 0 Å². The van der Waals surface area contributed by atoms with Gasteiger partial charge in [0.1, 0.15) is 11.2 Å².